The zero-order valence-corrected chi connectivity index (χ0v) is 27.6. The summed E-state index contributed by atoms with van der Waals surface area (Å²) in [6.07, 6.45) is 7.09. The Morgan fingerprint density at radius 1 is 0.822 bits per heavy atom. The van der Waals surface area contributed by atoms with E-state index < -0.39 is 0 Å². The lowest BCUT2D eigenvalue weighted by molar-refractivity contribution is -0.141. The lowest BCUT2D eigenvalue weighted by atomic mass is 9.98. The number of carbonyl (C=O) groups excluding carboxylic acids is 4. The van der Waals surface area contributed by atoms with Crippen LogP contribution in [0.1, 0.15) is 87.0 Å². The fraction of sp³-hybridized carbons (Fsp3) is 0.457. The third kappa shape index (κ3) is 6.95. The average Bonchev–Trinajstić information content (AvgIpc) is 3.66. The summed E-state index contributed by atoms with van der Waals surface area (Å²) < 4.78 is 9.85. The van der Waals surface area contributed by atoms with Gasteiger partial charge in [-0.2, -0.15) is 0 Å². The van der Waals surface area contributed by atoms with E-state index in [0.717, 1.165) is 61.1 Å². The lowest BCUT2D eigenvalue weighted by Crippen LogP contribution is -2.30. The molecule has 0 fully saturated rings. The molecule has 0 aliphatic carbocycles. The minimum Gasteiger partial charge on any atom is -0.469 e. The zero-order chi connectivity index (χ0) is 33.0. The van der Waals surface area contributed by atoms with Gasteiger partial charge in [0.05, 0.1) is 26.0 Å². The minimum absolute atomic E-state index is 0.0208. The fourth-order valence-electron chi connectivity index (χ4n) is 6.30. The summed E-state index contributed by atoms with van der Waals surface area (Å²) in [5.74, 6) is -0.838. The summed E-state index contributed by atoms with van der Waals surface area (Å²) in [6, 6.07) is -0.116. The topological polar surface area (TPSA) is 143 Å². The molecular weight excluding hydrogens is 572 g/mol. The van der Waals surface area contributed by atoms with Crippen molar-refractivity contribution in [1.82, 2.24) is 15.3 Å². The monoisotopic (exact) mass is 616 g/mol. The van der Waals surface area contributed by atoms with Crippen molar-refractivity contribution in [2.24, 2.45) is 4.99 Å². The minimum atomic E-state index is -0.311. The van der Waals surface area contributed by atoms with Crippen LogP contribution in [0.25, 0.3) is 12.2 Å². The largest absolute Gasteiger partial charge is 0.469 e. The highest BCUT2D eigenvalue weighted by Crippen LogP contribution is 2.27. The molecular formula is C35H44N4O6. The maximum absolute atomic E-state index is 12.5. The van der Waals surface area contributed by atoms with Gasteiger partial charge in [-0.1, -0.05) is 13.8 Å². The Kier molecular flexibility index (Phi) is 10.5. The van der Waals surface area contributed by atoms with Crippen molar-refractivity contribution in [2.75, 3.05) is 14.2 Å². The second-order valence-electron chi connectivity index (χ2n) is 11.6. The van der Waals surface area contributed by atoms with Crippen molar-refractivity contribution in [2.45, 2.75) is 92.5 Å². The van der Waals surface area contributed by atoms with Crippen LogP contribution in [-0.4, -0.2) is 59.7 Å². The number of amides is 2. The number of ether oxygens (including phenoxy) is 2. The molecule has 240 valence electrons. The van der Waals surface area contributed by atoms with Gasteiger partial charge < -0.3 is 24.8 Å². The van der Waals surface area contributed by atoms with E-state index in [9.17, 15) is 19.2 Å². The van der Waals surface area contributed by atoms with Crippen LogP contribution in [0.4, 0.5) is 0 Å². The predicted octanol–water partition coefficient (Wildman–Crippen LogP) is 3.26. The lowest BCUT2D eigenvalue weighted by Gasteiger charge is -2.12. The van der Waals surface area contributed by atoms with Crippen LogP contribution in [0, 0.1) is 13.8 Å². The Morgan fingerprint density at radius 2 is 1.44 bits per heavy atom. The Hall–Kier alpha value is -4.47. The van der Waals surface area contributed by atoms with Gasteiger partial charge in [0.2, 0.25) is 5.91 Å². The van der Waals surface area contributed by atoms with Gasteiger partial charge in [0.25, 0.3) is 5.91 Å². The molecule has 0 bridgehead atoms. The second kappa shape index (κ2) is 14.1. The number of aromatic nitrogens is 2. The van der Waals surface area contributed by atoms with Gasteiger partial charge in [-0.3, -0.25) is 19.2 Å². The number of rotatable bonds is 12. The highest BCUT2D eigenvalue weighted by atomic mass is 16.5. The van der Waals surface area contributed by atoms with E-state index in [0.29, 0.717) is 43.4 Å². The molecule has 45 heavy (non-hydrogen) atoms. The van der Waals surface area contributed by atoms with Crippen molar-refractivity contribution in [3.63, 3.8) is 0 Å². The van der Waals surface area contributed by atoms with Crippen molar-refractivity contribution in [1.29, 1.82) is 0 Å². The number of H-pyrrole nitrogens is 2. The molecule has 0 radical (unpaired) electrons. The SMILES string of the molecule is CCC1=C(C)C(/C=c2\[nH]/c(=C\c3[nH]c(C[C@H]4NC(=O)C(CC)=C4C)c(C)c3CCC(=O)OC)c(CCC(=O)OC)c2C)=NC1=O. The van der Waals surface area contributed by atoms with Gasteiger partial charge >= 0.3 is 11.9 Å². The number of carbonyl (C=O) groups is 4. The molecule has 4 rings (SSSR count). The molecule has 1 atom stereocenters. The fourth-order valence-corrected chi connectivity index (χ4v) is 6.30. The number of esters is 2. The number of nitrogens with one attached hydrogen (secondary N) is 3. The smallest absolute Gasteiger partial charge is 0.305 e. The third-order valence-corrected chi connectivity index (χ3v) is 9.16. The summed E-state index contributed by atoms with van der Waals surface area (Å²) in [4.78, 5) is 60.6. The van der Waals surface area contributed by atoms with Crippen LogP contribution >= 0.6 is 0 Å². The Balaban J connectivity index is 1.85. The Morgan fingerprint density at radius 3 is 2.00 bits per heavy atom. The van der Waals surface area contributed by atoms with Crippen molar-refractivity contribution < 1.29 is 28.7 Å². The quantitative estimate of drug-likeness (QED) is 0.313. The van der Waals surface area contributed by atoms with Crippen LogP contribution in [0.2, 0.25) is 0 Å². The highest BCUT2D eigenvalue weighted by Gasteiger charge is 2.29. The maximum atomic E-state index is 12.5. The standard InChI is InChI=1S/C35H44N4O6/c1-9-22-18(3)28(38-34(22)42)15-26-20(5)24(11-13-32(40)44-7)30(36-26)17-31-25(12-14-33(41)45-8)21(6)27(37-31)16-29-19(4)23(10-2)35(43)39-29/h15,17,29,36-37H,9-14,16H2,1-8H3,(H,39,43)/b26-15-,30-17-/t29-/m1/s1. The molecule has 0 saturated heterocycles. The van der Waals surface area contributed by atoms with Gasteiger partial charge in [0.15, 0.2) is 0 Å². The first-order valence-corrected chi connectivity index (χ1v) is 15.5. The first kappa shape index (κ1) is 33.4. The molecule has 4 heterocycles. The van der Waals surface area contributed by atoms with Crippen LogP contribution in [0.5, 0.6) is 0 Å². The summed E-state index contributed by atoms with van der Waals surface area (Å²) in [5.41, 5.74) is 9.76. The summed E-state index contributed by atoms with van der Waals surface area (Å²) in [5, 5.41) is 4.71. The molecule has 10 heteroatoms. The molecule has 3 N–H and O–H groups in total. The number of methoxy groups -OCH3 is 2. The first-order chi connectivity index (χ1) is 21.4. The van der Waals surface area contributed by atoms with E-state index in [1.54, 1.807) is 0 Å². The number of aliphatic imine (C=N–C) groups is 1. The normalized spacial score (nSPS) is 17.5. The van der Waals surface area contributed by atoms with E-state index in [2.05, 4.69) is 20.3 Å². The van der Waals surface area contributed by atoms with E-state index in [4.69, 9.17) is 9.47 Å². The van der Waals surface area contributed by atoms with Gasteiger partial charge in [-0.05, 0) is 98.9 Å². The third-order valence-electron chi connectivity index (χ3n) is 9.16. The van der Waals surface area contributed by atoms with Gasteiger partial charge in [0.1, 0.15) is 0 Å². The van der Waals surface area contributed by atoms with E-state index >= 15 is 0 Å². The molecule has 2 aromatic heterocycles. The predicted molar refractivity (Wildman–Crippen MR) is 173 cm³/mol. The van der Waals surface area contributed by atoms with Crippen LogP contribution in [0.15, 0.2) is 27.3 Å². The van der Waals surface area contributed by atoms with Gasteiger partial charge in [-0.15, -0.1) is 0 Å². The molecule has 10 nitrogen and oxygen atoms in total. The molecule has 0 unspecified atom stereocenters. The van der Waals surface area contributed by atoms with Crippen LogP contribution in [-0.2, 0) is 47.9 Å². The number of aromatic amines is 2. The molecule has 0 spiro atoms. The average molecular weight is 617 g/mol. The van der Waals surface area contributed by atoms with E-state index in [-0.39, 0.29) is 42.6 Å². The van der Waals surface area contributed by atoms with Gasteiger partial charge in [-0.25, -0.2) is 4.99 Å². The highest BCUT2D eigenvalue weighted by molar-refractivity contribution is 6.30. The van der Waals surface area contributed by atoms with Crippen LogP contribution in [0.3, 0.4) is 0 Å². The van der Waals surface area contributed by atoms with Crippen molar-refractivity contribution in [3.05, 3.63) is 66.6 Å². The molecule has 0 saturated carbocycles. The van der Waals surface area contributed by atoms with E-state index in [1.807, 2.05) is 53.7 Å². The molecule has 2 amide bonds. The first-order valence-electron chi connectivity index (χ1n) is 15.5. The van der Waals surface area contributed by atoms with Crippen molar-refractivity contribution in [3.8, 4) is 0 Å². The summed E-state index contributed by atoms with van der Waals surface area (Å²) >= 11 is 0. The molecule has 2 aromatic rings. The molecule has 2 aliphatic heterocycles. The van der Waals surface area contributed by atoms with E-state index in [1.165, 1.54) is 14.2 Å². The Bertz CT molecular complexity index is 1760. The van der Waals surface area contributed by atoms with Crippen molar-refractivity contribution >= 4 is 41.6 Å². The Labute approximate surface area is 263 Å². The summed E-state index contributed by atoms with van der Waals surface area (Å²) in [7, 11) is 2.75. The number of nitrogens with zero attached hydrogens (tertiary/aromatic N) is 1. The second-order valence-corrected chi connectivity index (χ2v) is 11.6. The molecule has 0 aromatic carbocycles. The summed E-state index contributed by atoms with van der Waals surface area (Å²) in [6.45, 7) is 11.8. The number of hydrogen-bond donors (Lipinski definition) is 3. The number of hydrogen-bond acceptors (Lipinski definition) is 6. The van der Waals surface area contributed by atoms with Gasteiger partial charge in [0, 0.05) is 52.5 Å². The number of allylic oxidation sites excluding steroid dienone is 1. The zero-order valence-electron chi connectivity index (χ0n) is 27.6. The maximum Gasteiger partial charge on any atom is 0.305 e. The molecule has 2 aliphatic rings. The van der Waals surface area contributed by atoms with Crippen LogP contribution < -0.4 is 16.0 Å².